The lowest BCUT2D eigenvalue weighted by molar-refractivity contribution is 0.233. The predicted octanol–water partition coefficient (Wildman–Crippen LogP) is 5.61. The molecule has 0 aliphatic heterocycles. The molecule has 0 bridgehead atoms. The fraction of sp³-hybridized carbons (Fsp3) is 0.458. The van der Waals surface area contributed by atoms with Crippen LogP contribution in [-0.2, 0) is 5.41 Å². The van der Waals surface area contributed by atoms with Gasteiger partial charge in [-0.15, -0.1) is 11.8 Å². The first-order chi connectivity index (χ1) is 13.7. The first-order valence-corrected chi connectivity index (χ1v) is 11.1. The van der Waals surface area contributed by atoms with Crippen LogP contribution in [0.15, 0.2) is 52.5 Å². The molecular weight excluding hydrogens is 380 g/mol. The van der Waals surface area contributed by atoms with E-state index in [9.17, 15) is 0 Å². The van der Waals surface area contributed by atoms with E-state index in [-0.39, 0.29) is 12.0 Å². The van der Waals surface area contributed by atoms with Crippen molar-refractivity contribution in [3.8, 4) is 5.75 Å². The van der Waals surface area contributed by atoms with E-state index >= 15 is 0 Å². The largest absolute Gasteiger partial charge is 0.493 e. The van der Waals surface area contributed by atoms with Crippen molar-refractivity contribution >= 4 is 23.2 Å². The monoisotopic (exact) mass is 414 g/mol. The molecule has 1 aliphatic rings. The van der Waals surface area contributed by atoms with Gasteiger partial charge in [-0.25, -0.2) is 0 Å². The minimum absolute atomic E-state index is 0.0213. The number of aliphatic hydroxyl groups is 1. The molecule has 1 aliphatic carbocycles. The second-order valence-corrected chi connectivity index (χ2v) is 9.48. The Bertz CT molecular complexity index is 832. The van der Waals surface area contributed by atoms with Crippen molar-refractivity contribution in [2.45, 2.75) is 46.5 Å². The van der Waals surface area contributed by atoms with Gasteiger partial charge in [0, 0.05) is 31.0 Å². The number of ether oxygens (including phenoxy) is 1. The second-order valence-electron chi connectivity index (χ2n) is 8.14. The number of hydrazone groups is 1. The fourth-order valence-electron chi connectivity index (χ4n) is 3.26. The van der Waals surface area contributed by atoms with Crippen LogP contribution in [-0.4, -0.2) is 36.8 Å². The molecule has 1 aromatic rings. The van der Waals surface area contributed by atoms with E-state index in [0.29, 0.717) is 13.0 Å². The molecule has 1 N–H and O–H groups in total. The molecule has 158 valence electrons. The topological polar surface area (TPSA) is 45.1 Å². The molecule has 0 amide bonds. The van der Waals surface area contributed by atoms with Gasteiger partial charge in [0.1, 0.15) is 5.75 Å². The highest BCUT2D eigenvalue weighted by Crippen LogP contribution is 2.36. The Labute approximate surface area is 180 Å². The minimum Gasteiger partial charge on any atom is -0.493 e. The van der Waals surface area contributed by atoms with Crippen LogP contribution in [0, 0.1) is 6.92 Å². The zero-order valence-corrected chi connectivity index (χ0v) is 19.4. The number of anilines is 1. The smallest absolute Gasteiger partial charge is 0.121 e. The van der Waals surface area contributed by atoms with E-state index in [0.717, 1.165) is 28.5 Å². The van der Waals surface area contributed by atoms with Crippen LogP contribution in [0.4, 0.5) is 5.69 Å². The highest BCUT2D eigenvalue weighted by molar-refractivity contribution is 8.03. The highest BCUT2D eigenvalue weighted by Gasteiger charge is 2.21. The Balaban J connectivity index is 2.38. The Morgan fingerprint density at radius 2 is 1.97 bits per heavy atom. The lowest BCUT2D eigenvalue weighted by atomic mass is 9.83. The lowest BCUT2D eigenvalue weighted by Gasteiger charge is -2.27. The van der Waals surface area contributed by atoms with Crippen LogP contribution in [0.3, 0.4) is 0 Å². The third kappa shape index (κ3) is 6.25. The molecular formula is C24H34N2O2S. The molecule has 2 rings (SSSR count). The Morgan fingerprint density at radius 3 is 2.55 bits per heavy atom. The molecule has 1 aromatic carbocycles. The van der Waals surface area contributed by atoms with Gasteiger partial charge in [0.05, 0.1) is 18.0 Å². The average Bonchev–Trinajstić information content (AvgIpc) is 2.64. The maximum absolute atomic E-state index is 9.05. The minimum atomic E-state index is -0.0213. The van der Waals surface area contributed by atoms with E-state index in [4.69, 9.17) is 14.9 Å². The zero-order valence-electron chi connectivity index (χ0n) is 18.6. The molecule has 0 heterocycles. The molecule has 5 heteroatoms. The van der Waals surface area contributed by atoms with Gasteiger partial charge in [0.2, 0.25) is 0 Å². The summed E-state index contributed by atoms with van der Waals surface area (Å²) >= 11 is 1.80. The summed E-state index contributed by atoms with van der Waals surface area (Å²) in [5, 5.41) is 15.8. The summed E-state index contributed by atoms with van der Waals surface area (Å²) in [5.74, 6) is 1.84. The molecule has 0 saturated carbocycles. The third-order valence-corrected chi connectivity index (χ3v) is 5.58. The standard InChI is InChI=1S/C24H34N2O2S/c1-8-29-20-10-11-22(17(2)14-20)25-26(7)23-16-19(28-13-9-12-27)15-21(18(23)3)24(4,5)6/h10-11,14-16,27H,2,8-9,12-13H2,1,3-7H3/b25-22-. The number of thioether (sulfide) groups is 1. The molecule has 0 atom stereocenters. The van der Waals surface area contributed by atoms with Crippen molar-refractivity contribution in [1.82, 2.24) is 0 Å². The van der Waals surface area contributed by atoms with Crippen molar-refractivity contribution in [3.05, 3.63) is 58.5 Å². The number of benzene rings is 1. The van der Waals surface area contributed by atoms with Crippen molar-refractivity contribution in [3.63, 3.8) is 0 Å². The summed E-state index contributed by atoms with van der Waals surface area (Å²) in [4.78, 5) is 1.21. The summed E-state index contributed by atoms with van der Waals surface area (Å²) < 4.78 is 5.90. The maximum atomic E-state index is 9.05. The summed E-state index contributed by atoms with van der Waals surface area (Å²) in [7, 11) is 1.96. The molecule has 0 radical (unpaired) electrons. The van der Waals surface area contributed by atoms with Gasteiger partial charge in [-0.1, -0.05) is 34.3 Å². The van der Waals surface area contributed by atoms with Crippen LogP contribution in [0.25, 0.3) is 0 Å². The number of nitrogens with zero attached hydrogens (tertiary/aromatic N) is 2. The van der Waals surface area contributed by atoms with Gasteiger partial charge in [0.25, 0.3) is 0 Å². The normalized spacial score (nSPS) is 15.6. The van der Waals surface area contributed by atoms with Crippen LogP contribution >= 0.6 is 11.8 Å². The summed E-state index contributed by atoms with van der Waals surface area (Å²) in [6.45, 7) is 15.7. The summed E-state index contributed by atoms with van der Waals surface area (Å²) in [6.07, 6.45) is 6.82. The number of rotatable bonds is 8. The van der Waals surface area contributed by atoms with Crippen LogP contribution in [0.1, 0.15) is 45.2 Å². The predicted molar refractivity (Wildman–Crippen MR) is 127 cm³/mol. The number of hydrogen-bond donors (Lipinski definition) is 1. The van der Waals surface area contributed by atoms with Crippen LogP contribution in [0.2, 0.25) is 0 Å². The van der Waals surface area contributed by atoms with E-state index < -0.39 is 0 Å². The Kier molecular flexibility index (Phi) is 8.17. The van der Waals surface area contributed by atoms with Gasteiger partial charge in [0.15, 0.2) is 0 Å². The highest BCUT2D eigenvalue weighted by atomic mass is 32.2. The zero-order chi connectivity index (χ0) is 21.6. The van der Waals surface area contributed by atoms with E-state index in [1.165, 1.54) is 16.0 Å². The van der Waals surface area contributed by atoms with Crippen molar-refractivity contribution in [2.75, 3.05) is 31.0 Å². The average molecular weight is 415 g/mol. The van der Waals surface area contributed by atoms with E-state index in [1.807, 2.05) is 24.2 Å². The molecule has 29 heavy (non-hydrogen) atoms. The van der Waals surface area contributed by atoms with Crippen LogP contribution < -0.4 is 9.75 Å². The molecule has 0 unspecified atom stereocenters. The second kappa shape index (κ2) is 10.2. The molecule has 0 spiro atoms. The first kappa shape index (κ1) is 23.3. The maximum Gasteiger partial charge on any atom is 0.121 e. The number of hydrogen-bond acceptors (Lipinski definition) is 5. The van der Waals surface area contributed by atoms with Crippen molar-refractivity contribution < 1.29 is 9.84 Å². The Morgan fingerprint density at radius 1 is 1.24 bits per heavy atom. The lowest BCUT2D eigenvalue weighted by Crippen LogP contribution is -2.19. The Hall–Kier alpha value is -1.98. The van der Waals surface area contributed by atoms with Crippen molar-refractivity contribution in [1.29, 1.82) is 0 Å². The third-order valence-electron chi connectivity index (χ3n) is 4.70. The number of aliphatic hydroxyl groups excluding tert-OH is 1. The van der Waals surface area contributed by atoms with Gasteiger partial charge in [-0.2, -0.15) is 5.10 Å². The van der Waals surface area contributed by atoms with Crippen molar-refractivity contribution in [2.24, 2.45) is 5.10 Å². The summed E-state index contributed by atoms with van der Waals surface area (Å²) in [6, 6.07) is 4.13. The van der Waals surface area contributed by atoms with Gasteiger partial charge in [-0.05, 0) is 59.1 Å². The molecule has 0 aromatic heterocycles. The van der Waals surface area contributed by atoms with E-state index in [2.05, 4.69) is 59.4 Å². The molecule has 0 saturated heterocycles. The van der Waals surface area contributed by atoms with Crippen LogP contribution in [0.5, 0.6) is 5.75 Å². The quantitative estimate of drug-likeness (QED) is 0.444. The number of allylic oxidation sites excluding steroid dienone is 4. The summed E-state index contributed by atoms with van der Waals surface area (Å²) in [5.41, 5.74) is 5.16. The van der Waals surface area contributed by atoms with Gasteiger partial charge >= 0.3 is 0 Å². The SMILES string of the molecule is C=C1C=C(SCC)C=C/C1=N/N(C)c1cc(OCCCO)cc(C(C)(C)C)c1C. The molecule has 0 fully saturated rings. The first-order valence-electron chi connectivity index (χ1n) is 10.1. The molecule has 4 nitrogen and oxygen atoms in total. The van der Waals surface area contributed by atoms with E-state index in [1.54, 1.807) is 11.8 Å². The van der Waals surface area contributed by atoms with Gasteiger partial charge in [-0.3, -0.25) is 5.01 Å². The van der Waals surface area contributed by atoms with Gasteiger partial charge < -0.3 is 9.84 Å². The fourth-order valence-corrected chi connectivity index (χ4v) is 3.98.